The summed E-state index contributed by atoms with van der Waals surface area (Å²) in [5.74, 6) is -0.128. The zero-order valence-electron chi connectivity index (χ0n) is 26.9. The van der Waals surface area contributed by atoms with Crippen LogP contribution in [0.3, 0.4) is 0 Å². The first-order chi connectivity index (χ1) is 20.6. The first-order valence-corrected chi connectivity index (χ1v) is 16.0. The highest BCUT2D eigenvalue weighted by Gasteiger charge is 2.42. The van der Waals surface area contributed by atoms with Gasteiger partial charge in [0.15, 0.2) is 12.6 Å². The van der Waals surface area contributed by atoms with Crippen molar-refractivity contribution in [3.8, 4) is 0 Å². The van der Waals surface area contributed by atoms with Crippen LogP contribution in [0.25, 0.3) is 0 Å². The Morgan fingerprint density at radius 3 is 2.16 bits per heavy atom. The molecule has 14 nitrogen and oxygen atoms in total. The molecule has 0 aromatic heterocycles. The van der Waals surface area contributed by atoms with Crippen molar-refractivity contribution >= 4 is 0 Å². The van der Waals surface area contributed by atoms with Gasteiger partial charge >= 0.3 is 0 Å². The van der Waals surface area contributed by atoms with Crippen LogP contribution in [0.2, 0.25) is 0 Å². The van der Waals surface area contributed by atoms with E-state index in [1.165, 1.54) is 0 Å². The van der Waals surface area contributed by atoms with Crippen molar-refractivity contribution in [3.05, 3.63) is 0 Å². The molecule has 0 aromatic carbocycles. The second-order valence-electron chi connectivity index (χ2n) is 13.7. The molecule has 11 N–H and O–H groups in total. The number of hydrogen-bond acceptors (Lipinski definition) is 14. The summed E-state index contributed by atoms with van der Waals surface area (Å²) in [5.41, 5.74) is 0.186. The van der Waals surface area contributed by atoms with E-state index in [4.69, 9.17) is 24.4 Å². The van der Waals surface area contributed by atoms with Crippen LogP contribution in [-0.4, -0.2) is 152 Å². The van der Waals surface area contributed by atoms with E-state index in [2.05, 4.69) is 31.4 Å². The maximum atomic E-state index is 10.3. The summed E-state index contributed by atoms with van der Waals surface area (Å²) in [6, 6.07) is 0.0475. The Balaban J connectivity index is 0.000000308. The Bertz CT molecular complexity index is 792. The number of aliphatic hydroxyl groups is 9. The third-order valence-electron chi connectivity index (χ3n) is 8.69. The van der Waals surface area contributed by atoms with Gasteiger partial charge in [-0.15, -0.1) is 0 Å². The fourth-order valence-electron chi connectivity index (χ4n) is 5.64. The van der Waals surface area contributed by atoms with Gasteiger partial charge in [0.1, 0.15) is 18.3 Å². The number of rotatable bonds is 15. The fourth-order valence-corrected chi connectivity index (χ4v) is 5.64. The van der Waals surface area contributed by atoms with E-state index in [0.717, 1.165) is 19.3 Å². The van der Waals surface area contributed by atoms with Crippen LogP contribution in [0.1, 0.15) is 73.1 Å². The topological polar surface area (TPSA) is 244 Å². The summed E-state index contributed by atoms with van der Waals surface area (Å²) in [4.78, 5) is 0. The van der Waals surface area contributed by atoms with E-state index in [9.17, 15) is 35.7 Å². The third-order valence-corrected chi connectivity index (χ3v) is 8.69. The van der Waals surface area contributed by atoms with Crippen molar-refractivity contribution in [2.24, 2.45) is 11.3 Å². The molecule has 14 heteroatoms. The van der Waals surface area contributed by atoms with Crippen molar-refractivity contribution in [3.63, 3.8) is 0 Å². The lowest BCUT2D eigenvalue weighted by atomic mass is 9.86. The van der Waals surface area contributed by atoms with Crippen LogP contribution in [0.5, 0.6) is 0 Å². The van der Waals surface area contributed by atoms with Crippen molar-refractivity contribution in [1.82, 2.24) is 10.6 Å². The molecule has 3 saturated heterocycles. The molecule has 44 heavy (non-hydrogen) atoms. The van der Waals surface area contributed by atoms with E-state index >= 15 is 0 Å². The van der Waals surface area contributed by atoms with Crippen LogP contribution in [0.4, 0.5) is 0 Å². The summed E-state index contributed by atoms with van der Waals surface area (Å²) in [7, 11) is 0. The minimum Gasteiger partial charge on any atom is -0.394 e. The zero-order valence-corrected chi connectivity index (χ0v) is 26.9. The zero-order chi connectivity index (χ0) is 33.2. The summed E-state index contributed by atoms with van der Waals surface area (Å²) in [5, 5.41) is 93.0. The van der Waals surface area contributed by atoms with Crippen LogP contribution in [-0.2, 0) is 14.2 Å². The van der Waals surface area contributed by atoms with Crippen LogP contribution < -0.4 is 10.6 Å². The molecule has 3 rings (SSSR count). The molecular formula is C30H60N2O12. The minimum absolute atomic E-state index is 0.0269. The summed E-state index contributed by atoms with van der Waals surface area (Å²) < 4.78 is 16.1. The Labute approximate surface area is 261 Å². The van der Waals surface area contributed by atoms with E-state index in [1.807, 2.05) is 13.8 Å². The van der Waals surface area contributed by atoms with E-state index in [1.54, 1.807) is 0 Å². The molecule has 0 saturated carbocycles. The van der Waals surface area contributed by atoms with Gasteiger partial charge in [0, 0.05) is 24.9 Å². The molecule has 3 fully saturated rings. The van der Waals surface area contributed by atoms with Crippen LogP contribution in [0, 0.1) is 11.3 Å². The van der Waals surface area contributed by atoms with Gasteiger partial charge in [-0.05, 0) is 43.6 Å². The lowest BCUT2D eigenvalue weighted by Crippen LogP contribution is -2.54. The molecule has 0 amide bonds. The lowest BCUT2D eigenvalue weighted by Gasteiger charge is -2.42. The van der Waals surface area contributed by atoms with Gasteiger partial charge in [0.25, 0.3) is 0 Å². The predicted molar refractivity (Wildman–Crippen MR) is 160 cm³/mol. The molecule has 0 bridgehead atoms. The van der Waals surface area contributed by atoms with Gasteiger partial charge in [-0.2, -0.15) is 0 Å². The average Bonchev–Trinajstić information content (AvgIpc) is 3.76. The molecule has 3 aliphatic heterocycles. The normalized spacial score (nSPS) is 37.0. The number of nitrogens with one attached hydrogen (secondary N) is 2. The maximum absolute atomic E-state index is 10.3. The molecule has 262 valence electrons. The quantitative estimate of drug-likeness (QED) is 0.0861. The van der Waals surface area contributed by atoms with Gasteiger partial charge in [-0.3, -0.25) is 0 Å². The smallest absolute Gasteiger partial charge is 0.159 e. The number of aliphatic hydroxyl groups excluding tert-OH is 9. The molecule has 0 spiro atoms. The average molecular weight is 641 g/mol. The molecule has 14 atom stereocenters. The lowest BCUT2D eigenvalue weighted by molar-refractivity contribution is -0.304. The number of hydrogen-bond donors (Lipinski definition) is 11. The molecule has 0 aliphatic carbocycles. The highest BCUT2D eigenvalue weighted by atomic mass is 16.7. The summed E-state index contributed by atoms with van der Waals surface area (Å²) in [6.07, 6.45) is -4.71. The second-order valence-corrected chi connectivity index (χ2v) is 13.7. The predicted octanol–water partition coefficient (Wildman–Crippen LogP) is -2.08. The van der Waals surface area contributed by atoms with Gasteiger partial charge in [0.05, 0.1) is 56.4 Å². The molecule has 0 radical (unpaired) electrons. The summed E-state index contributed by atoms with van der Waals surface area (Å²) in [6.45, 7) is 9.90. The summed E-state index contributed by atoms with van der Waals surface area (Å²) >= 11 is 0. The van der Waals surface area contributed by atoms with Crippen LogP contribution >= 0.6 is 0 Å². The standard InChI is InChI=1S/C17H36N2O4.C13H24O8/c1-5-13(21)16(23)12(6-8-17(2,3)4)18-9-7-11-15(19-11)14(22)10-20;1-6-2-11(21-8(4-14)12(6)17)20-7-3-10(16)19-9(5-15)13(7)18/h11-16,18-23H,5-10H2,1-4H3;6-18H,2-5H2,1H3/t;6?,7?,8?,9?,10?,11-,12?,13?/m.0/s1. The van der Waals surface area contributed by atoms with Gasteiger partial charge in [-0.1, -0.05) is 34.6 Å². The van der Waals surface area contributed by atoms with Crippen molar-refractivity contribution in [2.45, 2.75) is 153 Å². The van der Waals surface area contributed by atoms with E-state index < -0.39 is 68.0 Å². The monoisotopic (exact) mass is 640 g/mol. The van der Waals surface area contributed by atoms with E-state index in [-0.39, 0.29) is 49.1 Å². The van der Waals surface area contributed by atoms with Crippen molar-refractivity contribution < 1.29 is 60.2 Å². The molecule has 3 heterocycles. The third kappa shape index (κ3) is 12.6. The van der Waals surface area contributed by atoms with Gasteiger partial charge < -0.3 is 70.8 Å². The Kier molecular flexibility index (Phi) is 16.8. The second kappa shape index (κ2) is 18.7. The van der Waals surface area contributed by atoms with Crippen LogP contribution in [0.15, 0.2) is 0 Å². The molecule has 13 unspecified atom stereocenters. The SMILES string of the molecule is CC1C[C@@H](OC2CC(O)OC(CO)C2O)OC(CO)C1O.CCC(O)C(O)C(CCC(C)(C)C)NCCC1NC1C(O)CO. The fraction of sp³-hybridized carbons (Fsp3) is 1.00. The minimum atomic E-state index is -1.13. The first kappa shape index (κ1) is 39.6. The Hall–Kier alpha value is -0.560. The highest BCUT2D eigenvalue weighted by Crippen LogP contribution is 2.30. The van der Waals surface area contributed by atoms with Gasteiger partial charge in [0.2, 0.25) is 0 Å². The Morgan fingerprint density at radius 1 is 0.955 bits per heavy atom. The van der Waals surface area contributed by atoms with Gasteiger partial charge in [-0.25, -0.2) is 0 Å². The molecule has 3 aliphatic rings. The molecular weight excluding hydrogens is 580 g/mol. The highest BCUT2D eigenvalue weighted by molar-refractivity contribution is 5.02. The first-order valence-electron chi connectivity index (χ1n) is 16.0. The van der Waals surface area contributed by atoms with E-state index in [0.29, 0.717) is 19.4 Å². The van der Waals surface area contributed by atoms with Crippen molar-refractivity contribution in [2.75, 3.05) is 26.4 Å². The number of ether oxygens (including phenoxy) is 3. The largest absolute Gasteiger partial charge is 0.394 e. The Morgan fingerprint density at radius 2 is 1.59 bits per heavy atom. The molecule has 0 aromatic rings. The van der Waals surface area contributed by atoms with Crippen molar-refractivity contribution in [1.29, 1.82) is 0 Å². The maximum Gasteiger partial charge on any atom is 0.159 e.